The van der Waals surface area contributed by atoms with Gasteiger partial charge in [-0.1, -0.05) is 12.1 Å². The number of allylic oxidation sites excluding steroid dienone is 1. The largest absolute Gasteiger partial charge is 0.497 e. The monoisotopic (exact) mass is 450 g/mol. The van der Waals surface area contributed by atoms with Crippen LogP contribution in [0.2, 0.25) is 0 Å². The van der Waals surface area contributed by atoms with E-state index in [0.717, 1.165) is 0 Å². The second-order valence-electron chi connectivity index (χ2n) is 6.84. The van der Waals surface area contributed by atoms with Gasteiger partial charge in [-0.25, -0.2) is 8.42 Å². The number of ketones is 2. The third-order valence-corrected chi connectivity index (χ3v) is 5.94. The van der Waals surface area contributed by atoms with Crippen LogP contribution < -0.4 is 14.8 Å². The molecule has 3 aromatic rings. The predicted octanol–water partition coefficient (Wildman–Crippen LogP) is 4.51. The number of hydrogen-bond donors (Lipinski definition) is 2. The first kappa shape index (κ1) is 22.8. The van der Waals surface area contributed by atoms with E-state index in [1.165, 1.54) is 50.6 Å². The average Bonchev–Trinajstić information content (AvgIpc) is 2.79. The first-order chi connectivity index (χ1) is 15.3. The molecule has 0 aliphatic carbocycles. The number of benzene rings is 3. The number of rotatable bonds is 9. The van der Waals surface area contributed by atoms with Crippen molar-refractivity contribution in [1.82, 2.24) is 0 Å². The van der Waals surface area contributed by atoms with Crippen molar-refractivity contribution in [3.8, 4) is 5.75 Å². The molecule has 8 heteroatoms. The minimum Gasteiger partial charge on any atom is -0.497 e. The van der Waals surface area contributed by atoms with Gasteiger partial charge in [-0.3, -0.25) is 14.3 Å². The van der Waals surface area contributed by atoms with Crippen LogP contribution in [0, 0.1) is 0 Å². The van der Waals surface area contributed by atoms with Gasteiger partial charge in [0.1, 0.15) is 5.75 Å². The maximum atomic E-state index is 12.6. The molecular weight excluding hydrogens is 428 g/mol. The van der Waals surface area contributed by atoms with Crippen molar-refractivity contribution >= 4 is 33.0 Å². The number of Topliss-reactive ketones (excluding diaryl/α,β-unsaturated/α-hetero) is 1. The molecule has 7 nitrogen and oxygen atoms in total. The third-order valence-electron chi connectivity index (χ3n) is 4.55. The van der Waals surface area contributed by atoms with Gasteiger partial charge in [0.2, 0.25) is 0 Å². The van der Waals surface area contributed by atoms with Crippen molar-refractivity contribution in [2.45, 2.75) is 11.8 Å². The molecule has 2 N–H and O–H groups in total. The van der Waals surface area contributed by atoms with Gasteiger partial charge in [0.05, 0.1) is 12.0 Å². The lowest BCUT2D eigenvalue weighted by Crippen LogP contribution is -2.13. The summed E-state index contributed by atoms with van der Waals surface area (Å²) >= 11 is 0. The Morgan fingerprint density at radius 2 is 1.53 bits per heavy atom. The van der Waals surface area contributed by atoms with Crippen LogP contribution in [0.15, 0.2) is 90.0 Å². The van der Waals surface area contributed by atoms with E-state index in [9.17, 15) is 18.0 Å². The number of ether oxygens (including phenoxy) is 1. The van der Waals surface area contributed by atoms with Crippen molar-refractivity contribution in [3.63, 3.8) is 0 Å². The lowest BCUT2D eigenvalue weighted by molar-refractivity contribution is 0.101. The maximum Gasteiger partial charge on any atom is 0.261 e. The highest BCUT2D eigenvalue weighted by Crippen LogP contribution is 2.19. The normalized spacial score (nSPS) is 11.2. The van der Waals surface area contributed by atoms with Gasteiger partial charge in [0.25, 0.3) is 10.0 Å². The SMILES string of the molecule is COc1cccc(C(=O)/C=C\Nc2ccc(S(=O)(=O)Nc3ccc(C(C)=O)cc3)cc2)c1. The van der Waals surface area contributed by atoms with E-state index >= 15 is 0 Å². The number of carbonyl (C=O) groups is 2. The zero-order chi connectivity index (χ0) is 23.1. The molecule has 0 unspecified atom stereocenters. The van der Waals surface area contributed by atoms with Crippen LogP contribution in [0.25, 0.3) is 0 Å². The van der Waals surface area contributed by atoms with Crippen LogP contribution in [0.1, 0.15) is 27.6 Å². The van der Waals surface area contributed by atoms with E-state index in [1.54, 1.807) is 48.5 Å². The second-order valence-corrected chi connectivity index (χ2v) is 8.52. The first-order valence-corrected chi connectivity index (χ1v) is 11.1. The fourth-order valence-corrected chi connectivity index (χ4v) is 3.86. The van der Waals surface area contributed by atoms with E-state index < -0.39 is 10.0 Å². The molecule has 0 aromatic heterocycles. The van der Waals surface area contributed by atoms with Crippen molar-refractivity contribution in [3.05, 3.63) is 96.2 Å². The Bertz CT molecular complexity index is 1250. The summed E-state index contributed by atoms with van der Waals surface area (Å²) in [6.07, 6.45) is 2.87. The summed E-state index contributed by atoms with van der Waals surface area (Å²) in [4.78, 5) is 23.6. The summed E-state index contributed by atoms with van der Waals surface area (Å²) in [5.41, 5.74) is 1.97. The van der Waals surface area contributed by atoms with Gasteiger partial charge >= 0.3 is 0 Å². The minimum atomic E-state index is -3.79. The van der Waals surface area contributed by atoms with Crippen LogP contribution in [0.5, 0.6) is 5.75 Å². The topological polar surface area (TPSA) is 102 Å². The number of carbonyl (C=O) groups excluding carboxylic acids is 2. The van der Waals surface area contributed by atoms with Gasteiger partial charge in [-0.2, -0.15) is 0 Å². The molecule has 0 saturated carbocycles. The van der Waals surface area contributed by atoms with Crippen LogP contribution in [0.3, 0.4) is 0 Å². The molecule has 0 fully saturated rings. The van der Waals surface area contributed by atoms with Crippen LogP contribution in [-0.4, -0.2) is 27.1 Å². The van der Waals surface area contributed by atoms with E-state index in [0.29, 0.717) is 28.3 Å². The molecule has 0 aliphatic rings. The highest BCUT2D eigenvalue weighted by Gasteiger charge is 2.14. The van der Waals surface area contributed by atoms with Gasteiger partial charge in [-0.15, -0.1) is 0 Å². The summed E-state index contributed by atoms with van der Waals surface area (Å²) < 4.78 is 32.7. The Morgan fingerprint density at radius 1 is 0.875 bits per heavy atom. The molecule has 0 spiro atoms. The number of sulfonamides is 1. The molecule has 32 heavy (non-hydrogen) atoms. The molecule has 0 atom stereocenters. The zero-order valence-electron chi connectivity index (χ0n) is 17.5. The number of nitrogens with one attached hydrogen (secondary N) is 2. The molecule has 0 saturated heterocycles. The molecule has 0 amide bonds. The minimum absolute atomic E-state index is 0.0788. The maximum absolute atomic E-state index is 12.6. The van der Waals surface area contributed by atoms with Crippen LogP contribution in [-0.2, 0) is 10.0 Å². The molecule has 3 rings (SSSR count). The van der Waals surface area contributed by atoms with Crippen molar-refractivity contribution in [1.29, 1.82) is 0 Å². The fraction of sp³-hybridized carbons (Fsp3) is 0.0833. The molecule has 0 bridgehead atoms. The predicted molar refractivity (Wildman–Crippen MR) is 124 cm³/mol. The number of methoxy groups -OCH3 is 1. The molecule has 0 heterocycles. The Hall–Kier alpha value is -3.91. The summed E-state index contributed by atoms with van der Waals surface area (Å²) in [5.74, 6) is 0.301. The first-order valence-electron chi connectivity index (χ1n) is 9.64. The summed E-state index contributed by atoms with van der Waals surface area (Å²) in [5, 5.41) is 2.94. The van der Waals surface area contributed by atoms with E-state index in [4.69, 9.17) is 4.74 Å². The second kappa shape index (κ2) is 9.93. The van der Waals surface area contributed by atoms with Crippen molar-refractivity contribution < 1.29 is 22.7 Å². The Kier molecular flexibility index (Phi) is 7.07. The summed E-state index contributed by atoms with van der Waals surface area (Å²) in [6.45, 7) is 1.44. The van der Waals surface area contributed by atoms with E-state index in [-0.39, 0.29) is 16.5 Å². The van der Waals surface area contributed by atoms with Crippen molar-refractivity contribution in [2.24, 2.45) is 0 Å². The Morgan fingerprint density at radius 3 is 2.16 bits per heavy atom. The number of anilines is 2. The lowest BCUT2D eigenvalue weighted by atomic mass is 10.1. The summed E-state index contributed by atoms with van der Waals surface area (Å²) in [7, 11) is -2.25. The smallest absolute Gasteiger partial charge is 0.261 e. The lowest BCUT2D eigenvalue weighted by Gasteiger charge is -2.09. The van der Waals surface area contributed by atoms with Crippen molar-refractivity contribution in [2.75, 3.05) is 17.1 Å². The Balaban J connectivity index is 1.62. The molecule has 0 radical (unpaired) electrons. The third kappa shape index (κ3) is 5.83. The molecule has 0 aliphatic heterocycles. The summed E-state index contributed by atoms with van der Waals surface area (Å²) in [6, 6.07) is 19.1. The Labute approximate surface area is 186 Å². The highest BCUT2D eigenvalue weighted by atomic mass is 32.2. The molecule has 3 aromatic carbocycles. The van der Waals surface area contributed by atoms with Crippen LogP contribution >= 0.6 is 0 Å². The quantitative estimate of drug-likeness (QED) is 0.367. The van der Waals surface area contributed by atoms with Crippen LogP contribution in [0.4, 0.5) is 11.4 Å². The van der Waals surface area contributed by atoms with Gasteiger partial charge in [-0.05, 0) is 67.6 Å². The highest BCUT2D eigenvalue weighted by molar-refractivity contribution is 7.92. The van der Waals surface area contributed by atoms with E-state index in [1.807, 2.05) is 0 Å². The molecular formula is C24H22N2O5S. The zero-order valence-corrected chi connectivity index (χ0v) is 18.3. The number of hydrogen-bond acceptors (Lipinski definition) is 6. The van der Waals surface area contributed by atoms with E-state index in [2.05, 4.69) is 10.0 Å². The van der Waals surface area contributed by atoms with Gasteiger partial charge in [0.15, 0.2) is 11.6 Å². The van der Waals surface area contributed by atoms with Gasteiger partial charge in [0, 0.05) is 34.8 Å². The fourth-order valence-electron chi connectivity index (χ4n) is 2.80. The van der Waals surface area contributed by atoms with Gasteiger partial charge < -0.3 is 10.1 Å². The average molecular weight is 451 g/mol. The molecule has 164 valence electrons. The standard InChI is InChI=1S/C24H22N2O5S/c1-17(27)18-6-8-21(9-7-18)26-32(29,30)23-12-10-20(11-13-23)25-15-14-24(28)19-4-3-5-22(16-19)31-2/h3-16,25-26H,1-2H3/b15-14-.